The molecule has 0 saturated heterocycles. The molecule has 2 aromatic rings. The lowest BCUT2D eigenvalue weighted by Crippen LogP contribution is -1.94. The number of anilines is 1. The van der Waals surface area contributed by atoms with Crippen molar-refractivity contribution in [1.82, 2.24) is 5.16 Å². The van der Waals surface area contributed by atoms with Gasteiger partial charge in [-0.15, -0.1) is 11.3 Å². The van der Waals surface area contributed by atoms with E-state index in [-0.39, 0.29) is 0 Å². The molecule has 0 spiro atoms. The van der Waals surface area contributed by atoms with Gasteiger partial charge in [0.15, 0.2) is 11.6 Å². The van der Waals surface area contributed by atoms with Crippen LogP contribution in [0.4, 0.5) is 5.82 Å². The maximum atomic E-state index is 5.80. The Bertz CT molecular complexity index is 471. The van der Waals surface area contributed by atoms with E-state index in [1.54, 1.807) is 11.3 Å². The Morgan fingerprint density at radius 1 is 1.47 bits per heavy atom. The monoisotopic (exact) mass is 222 g/mol. The van der Waals surface area contributed by atoms with Crippen LogP contribution in [0, 0.1) is 6.92 Å². The first-order valence-electron chi connectivity index (χ1n) is 4.90. The highest BCUT2D eigenvalue weighted by atomic mass is 32.1. The van der Waals surface area contributed by atoms with E-state index < -0.39 is 0 Å². The summed E-state index contributed by atoms with van der Waals surface area (Å²) in [4.78, 5) is 1.13. The van der Waals surface area contributed by atoms with Gasteiger partial charge in [0, 0.05) is 5.56 Å². The molecule has 0 amide bonds. The second kappa shape index (κ2) is 3.70. The highest BCUT2D eigenvalue weighted by Crippen LogP contribution is 2.37. The van der Waals surface area contributed by atoms with Crippen molar-refractivity contribution in [1.29, 1.82) is 0 Å². The lowest BCUT2D eigenvalue weighted by atomic mass is 10.0. The number of nitrogens with two attached hydrogens (primary N) is 1. The first-order chi connectivity index (χ1) is 7.11. The van der Waals surface area contributed by atoms with Crippen LogP contribution in [0.25, 0.3) is 10.6 Å². The van der Waals surface area contributed by atoms with Gasteiger partial charge in [-0.2, -0.15) is 0 Å². The molecule has 0 aliphatic rings. The van der Waals surface area contributed by atoms with Gasteiger partial charge in [0.25, 0.3) is 0 Å². The van der Waals surface area contributed by atoms with Crippen LogP contribution in [0.2, 0.25) is 0 Å². The van der Waals surface area contributed by atoms with Crippen molar-refractivity contribution in [3.05, 3.63) is 22.6 Å². The van der Waals surface area contributed by atoms with Gasteiger partial charge >= 0.3 is 0 Å². The summed E-state index contributed by atoms with van der Waals surface area (Å²) in [6, 6.07) is 2.07. The number of rotatable bonds is 2. The molecule has 15 heavy (non-hydrogen) atoms. The first-order valence-corrected chi connectivity index (χ1v) is 5.78. The van der Waals surface area contributed by atoms with Crippen molar-refractivity contribution in [3.8, 4) is 10.6 Å². The summed E-state index contributed by atoms with van der Waals surface area (Å²) in [6.45, 7) is 6.25. The van der Waals surface area contributed by atoms with Gasteiger partial charge in [-0.3, -0.25) is 0 Å². The minimum Gasteiger partial charge on any atom is -0.381 e. The quantitative estimate of drug-likeness (QED) is 0.847. The zero-order chi connectivity index (χ0) is 11.0. The summed E-state index contributed by atoms with van der Waals surface area (Å²) in [6.07, 6.45) is 0. The van der Waals surface area contributed by atoms with Gasteiger partial charge in [0.2, 0.25) is 0 Å². The molecule has 0 saturated carbocycles. The van der Waals surface area contributed by atoms with Crippen LogP contribution in [0.15, 0.2) is 16.0 Å². The Balaban J connectivity index is 2.59. The Morgan fingerprint density at radius 2 is 2.20 bits per heavy atom. The highest BCUT2D eigenvalue weighted by molar-refractivity contribution is 7.13. The largest absolute Gasteiger partial charge is 0.381 e. The topological polar surface area (TPSA) is 52.0 Å². The van der Waals surface area contributed by atoms with Crippen molar-refractivity contribution < 1.29 is 4.52 Å². The van der Waals surface area contributed by atoms with Gasteiger partial charge in [0.05, 0.1) is 4.88 Å². The van der Waals surface area contributed by atoms with Crippen molar-refractivity contribution in [3.63, 3.8) is 0 Å². The second-order valence-electron chi connectivity index (χ2n) is 3.90. The average Bonchev–Trinajstić information content (AvgIpc) is 2.71. The Kier molecular flexibility index (Phi) is 2.52. The van der Waals surface area contributed by atoms with Crippen LogP contribution >= 0.6 is 11.3 Å². The Hall–Kier alpha value is -1.29. The van der Waals surface area contributed by atoms with Crippen LogP contribution in [0.3, 0.4) is 0 Å². The molecular weight excluding hydrogens is 208 g/mol. The molecular formula is C11H14N2OS. The Morgan fingerprint density at radius 3 is 2.73 bits per heavy atom. The molecule has 2 rings (SSSR count). The maximum absolute atomic E-state index is 5.80. The lowest BCUT2D eigenvalue weighted by Gasteiger charge is -2.04. The first kappa shape index (κ1) is 10.2. The Labute approximate surface area is 92.9 Å². The lowest BCUT2D eigenvalue weighted by molar-refractivity contribution is 0.435. The minimum atomic E-state index is 0.327. The number of hydrogen-bond acceptors (Lipinski definition) is 4. The zero-order valence-corrected chi connectivity index (χ0v) is 9.89. The van der Waals surface area contributed by atoms with Gasteiger partial charge in [-0.25, -0.2) is 0 Å². The predicted molar refractivity (Wildman–Crippen MR) is 63.1 cm³/mol. The number of thiophene rings is 1. The van der Waals surface area contributed by atoms with E-state index in [1.807, 2.05) is 5.38 Å². The summed E-state index contributed by atoms with van der Waals surface area (Å²) >= 11 is 1.66. The number of hydrogen-bond donors (Lipinski definition) is 1. The second-order valence-corrected chi connectivity index (χ2v) is 4.81. The normalized spacial score (nSPS) is 11.2. The van der Waals surface area contributed by atoms with Crippen molar-refractivity contribution in [2.75, 3.05) is 5.73 Å². The summed E-state index contributed by atoms with van der Waals surface area (Å²) in [5.74, 6) is 1.66. The molecule has 0 unspecified atom stereocenters. The average molecular weight is 222 g/mol. The van der Waals surface area contributed by atoms with Crippen LogP contribution in [0.1, 0.15) is 30.9 Å². The van der Waals surface area contributed by atoms with Gasteiger partial charge in [-0.05, 0) is 29.9 Å². The molecule has 0 aliphatic carbocycles. The summed E-state index contributed by atoms with van der Waals surface area (Å²) in [5, 5.41) is 5.89. The molecule has 0 aliphatic heterocycles. The fourth-order valence-corrected chi connectivity index (χ4v) is 2.55. The number of aromatic nitrogens is 1. The molecule has 80 valence electrons. The fraction of sp³-hybridized carbons (Fsp3) is 0.364. The van der Waals surface area contributed by atoms with Crippen molar-refractivity contribution in [2.45, 2.75) is 26.7 Å². The number of aryl methyl sites for hydroxylation is 1. The maximum Gasteiger partial charge on any atom is 0.182 e. The summed E-state index contributed by atoms with van der Waals surface area (Å²) in [5.41, 5.74) is 8.02. The van der Waals surface area contributed by atoms with Gasteiger partial charge in [0.1, 0.15) is 0 Å². The molecule has 2 aromatic heterocycles. The van der Waals surface area contributed by atoms with Gasteiger partial charge < -0.3 is 10.3 Å². The minimum absolute atomic E-state index is 0.327. The fourth-order valence-electron chi connectivity index (χ4n) is 1.64. The van der Waals surface area contributed by atoms with E-state index in [0.717, 1.165) is 16.2 Å². The third kappa shape index (κ3) is 1.65. The SMILES string of the molecule is Cc1ccsc1-c1onc(N)c1C(C)C. The van der Waals surface area contributed by atoms with E-state index in [9.17, 15) is 0 Å². The van der Waals surface area contributed by atoms with E-state index in [0.29, 0.717) is 11.7 Å². The highest BCUT2D eigenvalue weighted by Gasteiger charge is 2.20. The molecule has 0 bridgehead atoms. The van der Waals surface area contributed by atoms with E-state index >= 15 is 0 Å². The number of nitrogen functional groups attached to an aromatic ring is 1. The molecule has 0 atom stereocenters. The van der Waals surface area contributed by atoms with Crippen LogP contribution < -0.4 is 5.73 Å². The molecule has 0 radical (unpaired) electrons. The molecule has 0 aromatic carbocycles. The zero-order valence-electron chi connectivity index (χ0n) is 9.07. The van der Waals surface area contributed by atoms with E-state index in [4.69, 9.17) is 10.3 Å². The van der Waals surface area contributed by atoms with Crippen LogP contribution in [-0.4, -0.2) is 5.16 Å². The molecule has 2 heterocycles. The van der Waals surface area contributed by atoms with Crippen LogP contribution in [-0.2, 0) is 0 Å². The van der Waals surface area contributed by atoms with Gasteiger partial charge in [-0.1, -0.05) is 19.0 Å². The third-order valence-electron chi connectivity index (χ3n) is 2.40. The standard InChI is InChI=1S/C11H14N2OS/c1-6(2)8-9(14-13-11(8)12)10-7(3)4-5-15-10/h4-6H,1-3H3,(H2,12,13). The third-order valence-corrected chi connectivity index (χ3v) is 3.42. The summed E-state index contributed by atoms with van der Waals surface area (Å²) in [7, 11) is 0. The number of nitrogens with zero attached hydrogens (tertiary/aromatic N) is 1. The molecule has 2 N–H and O–H groups in total. The van der Waals surface area contributed by atoms with Crippen molar-refractivity contribution >= 4 is 17.2 Å². The molecule has 3 nitrogen and oxygen atoms in total. The van der Waals surface area contributed by atoms with E-state index in [1.165, 1.54) is 5.56 Å². The smallest absolute Gasteiger partial charge is 0.182 e. The molecule has 0 fully saturated rings. The van der Waals surface area contributed by atoms with Crippen LogP contribution in [0.5, 0.6) is 0 Å². The predicted octanol–water partition coefficient (Wildman–Crippen LogP) is 3.42. The van der Waals surface area contributed by atoms with E-state index in [2.05, 4.69) is 32.0 Å². The molecule has 4 heteroatoms. The van der Waals surface area contributed by atoms with Crippen molar-refractivity contribution in [2.24, 2.45) is 0 Å². The summed E-state index contributed by atoms with van der Waals surface area (Å²) < 4.78 is 5.32.